The van der Waals surface area contributed by atoms with Crippen molar-refractivity contribution in [1.82, 2.24) is 0 Å². The number of allylic oxidation sites excluding steroid dienone is 1. The second-order valence-corrected chi connectivity index (χ2v) is 8.37. The van der Waals surface area contributed by atoms with Crippen molar-refractivity contribution in [3.63, 3.8) is 0 Å². The van der Waals surface area contributed by atoms with E-state index in [-0.39, 0.29) is 0 Å². The van der Waals surface area contributed by atoms with E-state index in [1.54, 1.807) is 0 Å². The van der Waals surface area contributed by atoms with Gasteiger partial charge in [0.05, 0.1) is 0 Å². The van der Waals surface area contributed by atoms with E-state index in [1.165, 1.54) is 71.8 Å². The summed E-state index contributed by atoms with van der Waals surface area (Å²) in [6.07, 6.45) is 12.8. The summed E-state index contributed by atoms with van der Waals surface area (Å²) >= 11 is 0.333. The summed E-state index contributed by atoms with van der Waals surface area (Å²) in [4.78, 5) is 5.06. The van der Waals surface area contributed by atoms with Crippen LogP contribution in [-0.4, -0.2) is 25.7 Å². The number of nitrogens with zero attached hydrogens (tertiary/aromatic N) is 1. The number of rotatable bonds is 4. The van der Waals surface area contributed by atoms with E-state index in [4.69, 9.17) is 4.99 Å². The first kappa shape index (κ1) is 15.8. The molecule has 1 N–H and O–H groups in total. The van der Waals surface area contributed by atoms with Crippen molar-refractivity contribution in [3.8, 4) is 0 Å². The molecule has 1 saturated carbocycles. The number of hydrogen-bond donors (Lipinski definition) is 1. The Bertz CT molecular complexity index is 556. The molecule has 1 aromatic carbocycles. The Morgan fingerprint density at radius 2 is 2.05 bits per heavy atom. The average molecular weight is 361 g/mol. The van der Waals surface area contributed by atoms with Crippen LogP contribution >= 0.6 is 0 Å². The molecule has 3 heteroatoms. The number of nitrogens with one attached hydrogen (secondary N) is 1. The Labute approximate surface area is 140 Å². The van der Waals surface area contributed by atoms with Gasteiger partial charge in [-0.15, -0.1) is 0 Å². The number of benzene rings is 1. The monoisotopic (exact) mass is 362 g/mol. The zero-order valence-electron chi connectivity index (χ0n) is 13.5. The molecule has 0 spiro atoms. The molecule has 0 saturated heterocycles. The molecule has 3 rings (SSSR count). The van der Waals surface area contributed by atoms with E-state index >= 15 is 0 Å². The van der Waals surface area contributed by atoms with E-state index < -0.39 is 0 Å². The number of aliphatic imine (C=N–C) groups is 1. The third-order valence-electron chi connectivity index (χ3n) is 4.40. The zero-order chi connectivity index (χ0) is 15.2. The normalized spacial score (nSPS) is 22.6. The van der Waals surface area contributed by atoms with Crippen molar-refractivity contribution < 1.29 is 0 Å². The summed E-state index contributed by atoms with van der Waals surface area (Å²) in [5.74, 6) is 0. The standard InChI is InChI=1S/C19H26N2Se/c1-2-3-5-14-18-16-12-8-9-13-17(16)21-19(22-18)20-15-10-6-4-7-11-15/h8-9,12-15H,2-7,10-11H2,1H3,(H,20,21)/b18-14+. The zero-order valence-corrected chi connectivity index (χ0v) is 15.2. The van der Waals surface area contributed by atoms with E-state index in [9.17, 15) is 0 Å². The SMILES string of the molecule is CCCC/C=C1/[Se]C(=NC2CCCCC2)Nc2ccccc21. The van der Waals surface area contributed by atoms with Crippen LogP contribution in [0, 0.1) is 0 Å². The van der Waals surface area contributed by atoms with Gasteiger partial charge < -0.3 is 0 Å². The van der Waals surface area contributed by atoms with Crippen molar-refractivity contribution >= 4 is 29.8 Å². The molecule has 22 heavy (non-hydrogen) atoms. The molecule has 2 nitrogen and oxygen atoms in total. The van der Waals surface area contributed by atoms with E-state index in [1.807, 2.05) is 0 Å². The quantitative estimate of drug-likeness (QED) is 0.590. The third-order valence-corrected chi connectivity index (χ3v) is 6.52. The fourth-order valence-corrected chi connectivity index (χ4v) is 5.35. The molecule has 0 radical (unpaired) electrons. The van der Waals surface area contributed by atoms with Crippen LogP contribution in [0.5, 0.6) is 0 Å². The topological polar surface area (TPSA) is 24.4 Å². The number of hydrogen-bond acceptors (Lipinski definition) is 1. The minimum atomic E-state index is 0.333. The van der Waals surface area contributed by atoms with Crippen LogP contribution in [0.3, 0.4) is 0 Å². The molecule has 1 aliphatic heterocycles. The summed E-state index contributed by atoms with van der Waals surface area (Å²) < 4.78 is 2.76. The predicted octanol–water partition coefficient (Wildman–Crippen LogP) is 5.04. The molecular formula is C19H26N2Se. The summed E-state index contributed by atoms with van der Waals surface area (Å²) in [6.45, 7) is 2.26. The van der Waals surface area contributed by atoms with E-state index in [2.05, 4.69) is 42.6 Å². The second-order valence-electron chi connectivity index (χ2n) is 6.21. The Morgan fingerprint density at radius 3 is 2.86 bits per heavy atom. The van der Waals surface area contributed by atoms with Gasteiger partial charge >= 0.3 is 140 Å². The van der Waals surface area contributed by atoms with Crippen molar-refractivity contribution in [2.75, 3.05) is 5.32 Å². The average Bonchev–Trinajstić information content (AvgIpc) is 2.56. The maximum absolute atomic E-state index is 5.06. The second kappa shape index (κ2) is 7.99. The third kappa shape index (κ3) is 4.02. The molecular weight excluding hydrogens is 335 g/mol. The van der Waals surface area contributed by atoms with Crippen LogP contribution in [-0.2, 0) is 0 Å². The molecule has 1 aliphatic carbocycles. The van der Waals surface area contributed by atoms with Crippen LogP contribution in [0.4, 0.5) is 5.69 Å². The first-order valence-corrected chi connectivity index (χ1v) is 10.4. The Kier molecular flexibility index (Phi) is 5.75. The summed E-state index contributed by atoms with van der Waals surface area (Å²) in [6, 6.07) is 9.26. The van der Waals surface area contributed by atoms with Gasteiger partial charge in [-0.3, -0.25) is 0 Å². The van der Waals surface area contributed by atoms with Gasteiger partial charge in [-0.2, -0.15) is 0 Å². The molecule has 2 aliphatic rings. The van der Waals surface area contributed by atoms with Crippen molar-refractivity contribution in [1.29, 1.82) is 0 Å². The van der Waals surface area contributed by atoms with Gasteiger partial charge in [-0.05, 0) is 0 Å². The van der Waals surface area contributed by atoms with E-state index in [0.717, 1.165) is 0 Å². The van der Waals surface area contributed by atoms with Crippen molar-refractivity contribution in [2.45, 2.75) is 64.3 Å². The van der Waals surface area contributed by atoms with Gasteiger partial charge in [-0.1, -0.05) is 0 Å². The van der Waals surface area contributed by atoms with Gasteiger partial charge in [0.25, 0.3) is 0 Å². The van der Waals surface area contributed by atoms with Crippen LogP contribution in [0.2, 0.25) is 0 Å². The molecule has 1 aromatic rings. The number of unbranched alkanes of at least 4 members (excludes halogenated alkanes) is 2. The van der Waals surface area contributed by atoms with Crippen LogP contribution in [0.1, 0.15) is 63.9 Å². The Morgan fingerprint density at radius 1 is 1.23 bits per heavy atom. The molecule has 0 amide bonds. The fourth-order valence-electron chi connectivity index (χ4n) is 3.13. The molecule has 0 atom stereocenters. The fraction of sp³-hybridized carbons (Fsp3) is 0.526. The van der Waals surface area contributed by atoms with Gasteiger partial charge in [0.2, 0.25) is 0 Å². The first-order valence-electron chi connectivity index (χ1n) is 8.69. The van der Waals surface area contributed by atoms with Crippen molar-refractivity contribution in [3.05, 3.63) is 35.9 Å². The van der Waals surface area contributed by atoms with Gasteiger partial charge in [0.1, 0.15) is 0 Å². The van der Waals surface area contributed by atoms with Gasteiger partial charge in [-0.25, -0.2) is 0 Å². The summed E-state index contributed by atoms with van der Waals surface area (Å²) in [5, 5.41) is 3.60. The van der Waals surface area contributed by atoms with Crippen molar-refractivity contribution in [2.24, 2.45) is 4.99 Å². The molecule has 118 valence electrons. The van der Waals surface area contributed by atoms with Gasteiger partial charge in [0, 0.05) is 0 Å². The maximum atomic E-state index is 5.06. The summed E-state index contributed by atoms with van der Waals surface area (Å²) in [5.41, 5.74) is 2.63. The molecule has 1 fully saturated rings. The molecule has 1 heterocycles. The van der Waals surface area contributed by atoms with E-state index in [0.29, 0.717) is 21.0 Å². The van der Waals surface area contributed by atoms with Crippen LogP contribution in [0.25, 0.3) is 4.47 Å². The Hall–Kier alpha value is -1.05. The molecule has 0 unspecified atom stereocenters. The predicted molar refractivity (Wildman–Crippen MR) is 97.6 cm³/mol. The summed E-state index contributed by atoms with van der Waals surface area (Å²) in [7, 11) is 0. The number of amidine groups is 1. The first-order chi connectivity index (χ1) is 10.9. The van der Waals surface area contributed by atoms with Gasteiger partial charge in [0.15, 0.2) is 0 Å². The number of anilines is 1. The minimum absolute atomic E-state index is 0.333. The van der Waals surface area contributed by atoms with Crippen LogP contribution < -0.4 is 5.32 Å². The molecule has 0 aromatic heterocycles. The van der Waals surface area contributed by atoms with Crippen LogP contribution in [0.15, 0.2) is 35.3 Å². The Balaban J connectivity index is 1.81. The molecule has 0 bridgehead atoms. The number of para-hydroxylation sites is 1. The number of fused-ring (bicyclic) bond motifs is 1.